The monoisotopic (exact) mass is 1100 g/mol. The fourth-order valence-corrected chi connectivity index (χ4v) is 12.2. The number of carbonyl (C=O) groups is 4. The molecule has 4 aliphatic rings. The predicted octanol–water partition coefficient (Wildman–Crippen LogP) is 6.24. The molecule has 2 N–H and O–H groups in total. The van der Waals surface area contributed by atoms with Crippen LogP contribution in [-0.2, 0) is 35.0 Å². The van der Waals surface area contributed by atoms with Crippen molar-refractivity contribution in [2.75, 3.05) is 82.1 Å². The van der Waals surface area contributed by atoms with Gasteiger partial charge in [-0.1, -0.05) is 158 Å². The quantitative estimate of drug-likeness (QED) is 0.0628. The van der Waals surface area contributed by atoms with Crippen molar-refractivity contribution in [2.24, 2.45) is 0 Å². The van der Waals surface area contributed by atoms with E-state index in [1.807, 2.05) is 182 Å². The van der Waals surface area contributed by atoms with Gasteiger partial charge in [-0.2, -0.15) is 0 Å². The number of benzene rings is 6. The van der Waals surface area contributed by atoms with Crippen LogP contribution in [0.2, 0.25) is 0 Å². The zero-order valence-electron chi connectivity index (χ0n) is 45.9. The molecule has 4 aliphatic heterocycles. The topological polar surface area (TPSA) is 156 Å². The molecule has 10 rings (SSSR count). The standard InChI is InChI=1S/C33H36N4O3.C31H32N4O3.K.H2O/c1-3-40-30(38)25-36-26-37(29-17-11-6-12-18-29)32(31(36)39)19-22-35(23-20-32)24-21-33(34-2,27-13-7-4-8-14-27)28-15-9-5-10-16-28;1-32-31(25-11-5-2-6-12-25,26-13-7-3-8-14-26)19-22-33-20-17-30(18-21-33)29(38)34(23-28(36)37)24-35(30)27-15-9-4-10-16-27;;/h4-18H,3,19-26H2,1H3;2-16H,17-24H2,(H,36,37);;1H2/q;;+1;/p-1. The summed E-state index contributed by atoms with van der Waals surface area (Å²) < 4.78 is 5.15. The molecule has 4 heterocycles. The molecule has 0 unspecified atom stereocenters. The molecular weight excluding hydrogens is 1030 g/mol. The average Bonchev–Trinajstić information content (AvgIpc) is 4.11. The molecular formula is C64H69KN8O7. The van der Waals surface area contributed by atoms with Crippen molar-refractivity contribution in [2.45, 2.75) is 67.6 Å². The van der Waals surface area contributed by atoms with E-state index in [4.69, 9.17) is 17.9 Å². The van der Waals surface area contributed by atoms with Gasteiger partial charge in [-0.15, -0.1) is 0 Å². The van der Waals surface area contributed by atoms with Crippen LogP contribution in [-0.4, -0.2) is 137 Å². The molecule has 2 amide bonds. The van der Waals surface area contributed by atoms with Crippen molar-refractivity contribution >= 4 is 35.1 Å². The van der Waals surface area contributed by atoms with Gasteiger partial charge in [0.15, 0.2) is 0 Å². The molecule has 6 aromatic carbocycles. The number of hydrogen-bond acceptors (Lipinski definition) is 10. The number of anilines is 2. The number of amides is 2. The average molecular weight is 1100 g/mol. The SMILES string of the molecule is [C-]#[N+]C(CCN1CCC2(CC1)C(=O)N(CC(=O)O)CN2c1ccccc1)(c1ccccc1)c1ccccc1.[C-]#[N+]C(CCN1CCC2(CC1)C(=O)N(CC(=O)OCC)CN2c1ccccc1)(c1ccccc1)c1ccccc1.[K+].[OH-]. The molecule has 0 aliphatic carbocycles. The second-order valence-electron chi connectivity index (χ2n) is 20.7. The van der Waals surface area contributed by atoms with Crippen LogP contribution in [0.1, 0.15) is 67.7 Å². The molecule has 408 valence electrons. The summed E-state index contributed by atoms with van der Waals surface area (Å²) >= 11 is 0. The van der Waals surface area contributed by atoms with E-state index in [2.05, 4.69) is 29.3 Å². The van der Waals surface area contributed by atoms with Gasteiger partial charge in [0.2, 0.25) is 0 Å². The van der Waals surface area contributed by atoms with Crippen LogP contribution in [0.5, 0.6) is 0 Å². The van der Waals surface area contributed by atoms with Crippen LogP contribution in [0.3, 0.4) is 0 Å². The van der Waals surface area contributed by atoms with Crippen LogP contribution in [0.15, 0.2) is 182 Å². The number of para-hydroxylation sites is 2. The number of ether oxygens (including phenoxy) is 1. The summed E-state index contributed by atoms with van der Waals surface area (Å²) in [5, 5.41) is 9.39. The van der Waals surface area contributed by atoms with Gasteiger partial charge in [-0.3, -0.25) is 28.9 Å². The zero-order chi connectivity index (χ0) is 54.6. The summed E-state index contributed by atoms with van der Waals surface area (Å²) in [6.45, 7) is 23.3. The third kappa shape index (κ3) is 12.7. The minimum absolute atomic E-state index is 0. The van der Waals surface area contributed by atoms with Gasteiger partial charge in [0.1, 0.15) is 24.2 Å². The summed E-state index contributed by atoms with van der Waals surface area (Å²) in [4.78, 5) is 71.7. The van der Waals surface area contributed by atoms with Crippen molar-refractivity contribution in [1.29, 1.82) is 0 Å². The Hall–Kier alpha value is -6.70. The Balaban J connectivity index is 0.000000226. The number of piperidine rings is 2. The second-order valence-corrected chi connectivity index (χ2v) is 20.7. The number of likely N-dealkylation sites (tertiary alicyclic amines) is 2. The molecule has 0 saturated carbocycles. The van der Waals surface area contributed by atoms with E-state index in [1.54, 1.807) is 11.8 Å². The molecule has 80 heavy (non-hydrogen) atoms. The largest absolute Gasteiger partial charge is 1.00 e. The zero-order valence-corrected chi connectivity index (χ0v) is 49.0. The molecule has 16 heteroatoms. The first-order chi connectivity index (χ1) is 38.0. The molecule has 2 spiro atoms. The van der Waals surface area contributed by atoms with Crippen molar-refractivity contribution < 1.29 is 85.9 Å². The van der Waals surface area contributed by atoms with Gasteiger partial charge in [0.05, 0.1) is 19.9 Å². The van der Waals surface area contributed by atoms with Crippen LogP contribution in [0.4, 0.5) is 11.4 Å². The van der Waals surface area contributed by atoms with E-state index in [0.717, 1.165) is 59.8 Å². The van der Waals surface area contributed by atoms with Crippen LogP contribution in [0, 0.1) is 13.1 Å². The fraction of sp³-hybridized carbons (Fsp3) is 0.344. The smallest absolute Gasteiger partial charge is 0.870 e. The maximum absolute atomic E-state index is 13.9. The molecule has 0 aromatic heterocycles. The van der Waals surface area contributed by atoms with Gasteiger partial charge in [0, 0.05) is 85.7 Å². The first-order valence-corrected chi connectivity index (χ1v) is 27.1. The fourth-order valence-electron chi connectivity index (χ4n) is 12.2. The van der Waals surface area contributed by atoms with Crippen molar-refractivity contribution in [3.63, 3.8) is 0 Å². The third-order valence-corrected chi connectivity index (χ3v) is 16.4. The Kier molecular flexibility index (Phi) is 21.1. The number of nitrogens with zero attached hydrogens (tertiary/aromatic N) is 8. The number of aliphatic carboxylic acids is 1. The van der Waals surface area contributed by atoms with Gasteiger partial charge < -0.3 is 44.7 Å². The third-order valence-electron chi connectivity index (χ3n) is 16.4. The number of rotatable bonds is 17. The molecule has 4 fully saturated rings. The molecule has 15 nitrogen and oxygen atoms in total. The Morgan fingerprint density at radius 2 is 0.825 bits per heavy atom. The van der Waals surface area contributed by atoms with Crippen molar-refractivity contribution in [3.8, 4) is 0 Å². The molecule has 0 bridgehead atoms. The number of carboxylic acids is 1. The summed E-state index contributed by atoms with van der Waals surface area (Å²) in [7, 11) is 0. The molecule has 6 aromatic rings. The van der Waals surface area contributed by atoms with Crippen molar-refractivity contribution in [1.82, 2.24) is 19.6 Å². The van der Waals surface area contributed by atoms with Crippen molar-refractivity contribution in [3.05, 3.63) is 227 Å². The summed E-state index contributed by atoms with van der Waals surface area (Å²) in [5.41, 5.74) is 2.89. The van der Waals surface area contributed by atoms with Gasteiger partial charge >= 0.3 is 63.3 Å². The van der Waals surface area contributed by atoms with Gasteiger partial charge in [-0.05, 0) is 56.9 Å². The minimum Gasteiger partial charge on any atom is -0.870 e. The van der Waals surface area contributed by atoms with E-state index in [0.29, 0.717) is 64.9 Å². The number of carboxylic acid groups (broad SMARTS) is 1. The Morgan fingerprint density at radius 3 is 1.11 bits per heavy atom. The Bertz CT molecular complexity index is 2980. The van der Waals surface area contributed by atoms with E-state index < -0.39 is 28.1 Å². The Labute approximate surface area is 513 Å². The summed E-state index contributed by atoms with van der Waals surface area (Å²) in [6.07, 6.45) is 3.82. The van der Waals surface area contributed by atoms with Gasteiger partial charge in [0.25, 0.3) is 22.9 Å². The van der Waals surface area contributed by atoms with E-state index >= 15 is 0 Å². The summed E-state index contributed by atoms with van der Waals surface area (Å²) in [5.74, 6) is -1.49. The van der Waals surface area contributed by atoms with E-state index in [-0.39, 0.29) is 94.4 Å². The molecule has 4 saturated heterocycles. The maximum Gasteiger partial charge on any atom is 1.00 e. The maximum atomic E-state index is 13.9. The number of esters is 1. The molecule has 0 radical (unpaired) electrons. The Morgan fingerprint density at radius 1 is 0.525 bits per heavy atom. The second kappa shape index (κ2) is 27.6. The first-order valence-electron chi connectivity index (χ1n) is 27.1. The van der Waals surface area contributed by atoms with Gasteiger partial charge in [-0.25, -0.2) is 13.1 Å². The van der Waals surface area contributed by atoms with Crippen LogP contribution >= 0.6 is 0 Å². The predicted molar refractivity (Wildman–Crippen MR) is 304 cm³/mol. The van der Waals surface area contributed by atoms with Crippen LogP contribution < -0.4 is 61.2 Å². The van der Waals surface area contributed by atoms with Crippen LogP contribution in [0.25, 0.3) is 9.69 Å². The number of carbonyl (C=O) groups excluding carboxylic acids is 3. The normalized spacial score (nSPS) is 16.9. The first kappa shape index (κ1) is 60.9. The minimum atomic E-state index is -1.00. The van der Waals surface area contributed by atoms with E-state index in [1.165, 1.54) is 4.90 Å². The number of hydrogen-bond donors (Lipinski definition) is 1. The summed E-state index contributed by atoms with van der Waals surface area (Å²) in [6, 6.07) is 59.9. The molecule has 0 atom stereocenters. The van der Waals surface area contributed by atoms with E-state index in [9.17, 15) is 24.3 Å².